The van der Waals surface area contributed by atoms with Crippen molar-refractivity contribution in [2.24, 2.45) is 0 Å². The number of aromatic nitrogens is 2. The summed E-state index contributed by atoms with van der Waals surface area (Å²) in [6, 6.07) is 7.39. The number of amides is 1. The Morgan fingerprint density at radius 2 is 1.87 bits per heavy atom. The van der Waals surface area contributed by atoms with Crippen molar-refractivity contribution >= 4 is 23.4 Å². The second-order valence-electron chi connectivity index (χ2n) is 5.84. The van der Waals surface area contributed by atoms with Crippen LogP contribution in [0.2, 0.25) is 0 Å². The third-order valence-electron chi connectivity index (χ3n) is 3.18. The summed E-state index contributed by atoms with van der Waals surface area (Å²) in [5, 5.41) is 3.34. The zero-order chi connectivity index (χ0) is 17.0. The largest absolute Gasteiger partial charge is 0.325 e. The fourth-order valence-corrected chi connectivity index (χ4v) is 2.88. The van der Waals surface area contributed by atoms with Crippen LogP contribution in [0.1, 0.15) is 36.6 Å². The maximum Gasteiger partial charge on any atom is 0.251 e. The van der Waals surface area contributed by atoms with Crippen molar-refractivity contribution in [3.8, 4) is 0 Å². The summed E-state index contributed by atoms with van der Waals surface area (Å²) >= 11 is 1.22. The summed E-state index contributed by atoms with van der Waals surface area (Å²) in [7, 11) is 0. The van der Waals surface area contributed by atoms with E-state index in [1.54, 1.807) is 0 Å². The predicted molar refractivity (Wildman–Crippen MR) is 94.2 cm³/mol. The first-order chi connectivity index (χ1) is 10.8. The molecule has 1 heterocycles. The first kappa shape index (κ1) is 17.3. The minimum Gasteiger partial charge on any atom is -0.325 e. The van der Waals surface area contributed by atoms with Crippen molar-refractivity contribution in [2.75, 3.05) is 11.1 Å². The van der Waals surface area contributed by atoms with Crippen LogP contribution in [-0.2, 0) is 4.79 Å². The number of nitrogens with zero attached hydrogens (tertiary/aromatic N) is 1. The van der Waals surface area contributed by atoms with Crippen molar-refractivity contribution in [2.45, 2.75) is 38.8 Å². The van der Waals surface area contributed by atoms with Crippen LogP contribution >= 0.6 is 11.8 Å². The average molecular weight is 331 g/mol. The number of anilines is 1. The van der Waals surface area contributed by atoms with E-state index in [4.69, 9.17) is 0 Å². The molecule has 23 heavy (non-hydrogen) atoms. The molecule has 0 unspecified atom stereocenters. The van der Waals surface area contributed by atoms with Crippen LogP contribution in [0.15, 0.2) is 34.2 Å². The Kier molecular flexibility index (Phi) is 5.60. The second kappa shape index (κ2) is 7.46. The lowest BCUT2D eigenvalue weighted by Crippen LogP contribution is -2.16. The second-order valence-corrected chi connectivity index (χ2v) is 6.81. The van der Waals surface area contributed by atoms with Gasteiger partial charge in [0.05, 0.1) is 11.4 Å². The fraction of sp³-hybridized carbons (Fsp3) is 0.353. The summed E-state index contributed by atoms with van der Waals surface area (Å²) in [6.07, 6.45) is 0. The van der Waals surface area contributed by atoms with Gasteiger partial charge in [-0.05, 0) is 43.0 Å². The molecule has 6 heteroatoms. The molecule has 1 amide bonds. The van der Waals surface area contributed by atoms with E-state index in [0.29, 0.717) is 5.16 Å². The van der Waals surface area contributed by atoms with Crippen LogP contribution in [0.3, 0.4) is 0 Å². The number of hydrogen-bond donors (Lipinski definition) is 2. The molecule has 0 fully saturated rings. The number of hydrogen-bond acceptors (Lipinski definition) is 4. The molecular weight excluding hydrogens is 310 g/mol. The van der Waals surface area contributed by atoms with Gasteiger partial charge in [0.2, 0.25) is 5.91 Å². The molecule has 1 aromatic carbocycles. The highest BCUT2D eigenvalue weighted by Gasteiger charge is 2.09. The maximum absolute atomic E-state index is 12.1. The first-order valence-electron chi connectivity index (χ1n) is 7.45. The number of aromatic amines is 1. The van der Waals surface area contributed by atoms with Crippen molar-refractivity contribution in [3.05, 3.63) is 51.4 Å². The van der Waals surface area contributed by atoms with Crippen molar-refractivity contribution in [3.63, 3.8) is 0 Å². The first-order valence-corrected chi connectivity index (χ1v) is 8.44. The minimum absolute atomic E-state index is 0.127. The highest BCUT2D eigenvalue weighted by molar-refractivity contribution is 7.99. The van der Waals surface area contributed by atoms with Crippen LogP contribution < -0.4 is 10.9 Å². The van der Waals surface area contributed by atoms with Gasteiger partial charge in [0.1, 0.15) is 0 Å². The van der Waals surface area contributed by atoms with Crippen LogP contribution in [0.25, 0.3) is 0 Å². The molecule has 122 valence electrons. The normalized spacial score (nSPS) is 10.8. The van der Waals surface area contributed by atoms with Crippen LogP contribution in [0.4, 0.5) is 5.69 Å². The fourth-order valence-electron chi connectivity index (χ4n) is 2.20. The van der Waals surface area contributed by atoms with Crippen molar-refractivity contribution < 1.29 is 4.79 Å². The topological polar surface area (TPSA) is 74.8 Å². The molecule has 2 N–H and O–H groups in total. The van der Waals surface area contributed by atoms with E-state index in [0.717, 1.165) is 22.5 Å². The average Bonchev–Trinajstić information content (AvgIpc) is 2.43. The number of thioether (sulfide) groups is 1. The minimum atomic E-state index is -0.194. The zero-order valence-electron chi connectivity index (χ0n) is 13.8. The van der Waals surface area contributed by atoms with Crippen LogP contribution in [0, 0.1) is 13.8 Å². The summed E-state index contributed by atoms with van der Waals surface area (Å²) in [5.74, 6) is 0.232. The van der Waals surface area contributed by atoms with Gasteiger partial charge in [-0.3, -0.25) is 9.59 Å². The zero-order valence-corrected chi connectivity index (χ0v) is 14.6. The maximum atomic E-state index is 12.1. The predicted octanol–water partition coefficient (Wildman–Crippen LogP) is 3.24. The van der Waals surface area contributed by atoms with E-state index in [1.165, 1.54) is 17.8 Å². The van der Waals surface area contributed by atoms with Gasteiger partial charge >= 0.3 is 0 Å². The molecule has 0 aliphatic heterocycles. The Bertz CT molecular complexity index is 748. The molecule has 1 aromatic heterocycles. The van der Waals surface area contributed by atoms with Crippen LogP contribution in [-0.4, -0.2) is 21.6 Å². The van der Waals surface area contributed by atoms with E-state index >= 15 is 0 Å². The quantitative estimate of drug-likeness (QED) is 0.651. The summed E-state index contributed by atoms with van der Waals surface area (Å²) in [6.45, 7) is 7.93. The Morgan fingerprint density at radius 1 is 1.22 bits per heavy atom. The Hall–Kier alpha value is -2.08. The lowest BCUT2D eigenvalue weighted by atomic mass is 10.1. The lowest BCUT2D eigenvalue weighted by molar-refractivity contribution is -0.113. The number of carbonyl (C=O) groups is 1. The van der Waals surface area contributed by atoms with E-state index in [2.05, 4.69) is 21.4 Å². The molecule has 0 bridgehead atoms. The molecule has 2 rings (SSSR count). The molecule has 0 radical (unpaired) electrons. The Labute approximate surface area is 139 Å². The molecule has 0 saturated carbocycles. The number of nitrogens with one attached hydrogen (secondary N) is 2. The van der Waals surface area contributed by atoms with Gasteiger partial charge in [-0.25, -0.2) is 4.98 Å². The van der Waals surface area contributed by atoms with Gasteiger partial charge in [0.15, 0.2) is 5.16 Å². The highest BCUT2D eigenvalue weighted by atomic mass is 32.2. The van der Waals surface area contributed by atoms with Gasteiger partial charge in [-0.15, -0.1) is 0 Å². The van der Waals surface area contributed by atoms with Gasteiger partial charge in [0, 0.05) is 11.8 Å². The monoisotopic (exact) mass is 331 g/mol. The van der Waals surface area contributed by atoms with Gasteiger partial charge in [-0.2, -0.15) is 0 Å². The van der Waals surface area contributed by atoms with Crippen molar-refractivity contribution in [1.29, 1.82) is 0 Å². The molecule has 0 atom stereocenters. The molecule has 0 spiro atoms. The molecule has 2 aromatic rings. The number of benzene rings is 1. The van der Waals surface area contributed by atoms with Crippen molar-refractivity contribution in [1.82, 2.24) is 9.97 Å². The van der Waals surface area contributed by atoms with E-state index < -0.39 is 0 Å². The summed E-state index contributed by atoms with van der Waals surface area (Å²) in [5.41, 5.74) is 3.52. The molecule has 0 saturated heterocycles. The number of carbonyl (C=O) groups excluding carboxylic acids is 1. The summed E-state index contributed by atoms with van der Waals surface area (Å²) < 4.78 is 0. The van der Waals surface area contributed by atoms with E-state index in [9.17, 15) is 9.59 Å². The standard InChI is InChI=1S/C17H21N3O2S/c1-10(2)14-8-15(21)20-17(19-14)23-9-16(22)18-13-6-11(3)5-12(4)7-13/h5-8,10H,9H2,1-4H3,(H,18,22)(H,19,20,21). The van der Waals surface area contributed by atoms with Gasteiger partial charge < -0.3 is 10.3 Å². The van der Waals surface area contributed by atoms with Gasteiger partial charge in [0.25, 0.3) is 5.56 Å². The third kappa shape index (κ3) is 5.25. The number of H-pyrrole nitrogens is 1. The van der Waals surface area contributed by atoms with E-state index in [1.807, 2.05) is 39.8 Å². The molecular formula is C17H21N3O2S. The third-order valence-corrected chi connectivity index (χ3v) is 4.05. The van der Waals surface area contributed by atoms with Gasteiger partial charge in [-0.1, -0.05) is 31.7 Å². The SMILES string of the molecule is Cc1cc(C)cc(NC(=O)CSc2nc(C(C)C)cc(=O)[nH]2)c1. The Balaban J connectivity index is 2.00. The highest BCUT2D eigenvalue weighted by Crippen LogP contribution is 2.17. The van der Waals surface area contributed by atoms with E-state index in [-0.39, 0.29) is 23.1 Å². The smallest absolute Gasteiger partial charge is 0.251 e. The molecule has 0 aliphatic carbocycles. The molecule has 0 aliphatic rings. The number of rotatable bonds is 5. The Morgan fingerprint density at radius 3 is 2.48 bits per heavy atom. The lowest BCUT2D eigenvalue weighted by Gasteiger charge is -2.08. The number of aryl methyl sites for hydroxylation is 2. The molecule has 5 nitrogen and oxygen atoms in total. The summed E-state index contributed by atoms with van der Waals surface area (Å²) in [4.78, 5) is 30.7. The van der Waals surface area contributed by atoms with Crippen LogP contribution in [0.5, 0.6) is 0 Å².